The first-order chi connectivity index (χ1) is 12.0. The molecule has 2 N–H and O–H groups in total. The molecular weight excluding hydrogens is 369 g/mol. The van der Waals surface area contributed by atoms with E-state index in [-0.39, 0.29) is 22.2 Å². The van der Waals surface area contributed by atoms with Gasteiger partial charge >= 0.3 is 6.18 Å². The van der Waals surface area contributed by atoms with Crippen LogP contribution in [-0.4, -0.2) is 20.4 Å². The predicted octanol–water partition coefficient (Wildman–Crippen LogP) is 3.64. The minimum absolute atomic E-state index is 0.0662. The third kappa shape index (κ3) is 5.06. The molecule has 0 aromatic heterocycles. The zero-order chi connectivity index (χ0) is 19.5. The Morgan fingerprint density at radius 2 is 1.65 bits per heavy atom. The molecule has 0 aliphatic carbocycles. The summed E-state index contributed by atoms with van der Waals surface area (Å²) in [6.07, 6.45) is -4.46. The summed E-state index contributed by atoms with van der Waals surface area (Å²) in [5.74, 6) is -0.633. The Morgan fingerprint density at radius 1 is 1.04 bits per heavy atom. The minimum Gasteiger partial charge on any atom is -0.322 e. The highest BCUT2D eigenvalue weighted by Crippen LogP contribution is 2.29. The molecule has 0 fully saturated rings. The molecule has 0 heterocycles. The predicted molar refractivity (Wildman–Crippen MR) is 91.3 cm³/mol. The van der Waals surface area contributed by atoms with Crippen molar-refractivity contribution in [2.24, 2.45) is 0 Å². The van der Waals surface area contributed by atoms with Crippen LogP contribution < -0.4 is 10.0 Å². The lowest BCUT2D eigenvalue weighted by Crippen LogP contribution is -2.30. The average Bonchev–Trinajstić information content (AvgIpc) is 2.53. The molecule has 2 rings (SSSR count). The number of amides is 1. The van der Waals surface area contributed by atoms with Gasteiger partial charge in [0, 0.05) is 17.3 Å². The summed E-state index contributed by atoms with van der Waals surface area (Å²) in [5, 5.41) is 2.43. The Labute approximate surface area is 149 Å². The van der Waals surface area contributed by atoms with Crippen molar-refractivity contribution in [2.75, 3.05) is 5.32 Å². The molecule has 1 amide bonds. The van der Waals surface area contributed by atoms with Crippen LogP contribution in [0.3, 0.4) is 0 Å². The van der Waals surface area contributed by atoms with E-state index in [9.17, 15) is 26.4 Å². The van der Waals surface area contributed by atoms with Crippen molar-refractivity contribution >= 4 is 21.6 Å². The maximum absolute atomic E-state index is 12.5. The highest BCUT2D eigenvalue weighted by Gasteiger charge is 2.30. The van der Waals surface area contributed by atoms with Crippen molar-refractivity contribution in [2.45, 2.75) is 31.0 Å². The summed E-state index contributed by atoms with van der Waals surface area (Å²) in [6.45, 7) is 3.33. The minimum atomic E-state index is -4.46. The second kappa shape index (κ2) is 7.46. The molecule has 9 heteroatoms. The first kappa shape index (κ1) is 19.9. The molecule has 0 unspecified atom stereocenters. The molecule has 0 radical (unpaired) electrons. The number of halogens is 3. The molecule has 0 saturated carbocycles. The Kier molecular flexibility index (Phi) is 5.72. The first-order valence-electron chi connectivity index (χ1n) is 7.60. The molecule has 140 valence electrons. The molecule has 0 spiro atoms. The summed E-state index contributed by atoms with van der Waals surface area (Å²) in [5.41, 5.74) is -0.601. The number of benzene rings is 2. The molecule has 2 aromatic carbocycles. The third-order valence-corrected chi connectivity index (χ3v) is 4.92. The van der Waals surface area contributed by atoms with E-state index in [1.165, 1.54) is 24.3 Å². The van der Waals surface area contributed by atoms with Crippen molar-refractivity contribution in [3.05, 3.63) is 59.7 Å². The van der Waals surface area contributed by atoms with Crippen LogP contribution in [-0.2, 0) is 16.2 Å². The molecule has 0 aliphatic rings. The summed E-state index contributed by atoms with van der Waals surface area (Å²) in [6, 6.07) is 9.01. The summed E-state index contributed by atoms with van der Waals surface area (Å²) >= 11 is 0. The molecule has 0 atom stereocenters. The number of anilines is 1. The van der Waals surface area contributed by atoms with E-state index in [4.69, 9.17) is 0 Å². The van der Waals surface area contributed by atoms with E-state index in [0.717, 1.165) is 24.3 Å². The number of sulfonamides is 1. The summed E-state index contributed by atoms with van der Waals surface area (Å²) in [7, 11) is -3.77. The SMILES string of the molecule is CC(C)NS(=O)(=O)c1cccc(C(=O)Nc2ccc(C(F)(F)F)cc2)c1. The van der Waals surface area contributed by atoms with Crippen LogP contribution in [0.2, 0.25) is 0 Å². The fraction of sp³-hybridized carbons (Fsp3) is 0.235. The second-order valence-electron chi connectivity index (χ2n) is 5.83. The molecule has 0 aliphatic heterocycles. The van der Waals surface area contributed by atoms with Crippen LogP contribution in [0.25, 0.3) is 0 Å². The van der Waals surface area contributed by atoms with Crippen LogP contribution in [0.15, 0.2) is 53.4 Å². The molecule has 5 nitrogen and oxygen atoms in total. The van der Waals surface area contributed by atoms with Crippen molar-refractivity contribution in [3.8, 4) is 0 Å². The monoisotopic (exact) mass is 386 g/mol. The van der Waals surface area contributed by atoms with Gasteiger partial charge in [-0.3, -0.25) is 4.79 Å². The van der Waals surface area contributed by atoms with Gasteiger partial charge in [-0.15, -0.1) is 0 Å². The van der Waals surface area contributed by atoms with Crippen molar-refractivity contribution in [1.29, 1.82) is 0 Å². The van der Waals surface area contributed by atoms with Gasteiger partial charge in [0.25, 0.3) is 5.91 Å². The van der Waals surface area contributed by atoms with E-state index in [1.807, 2.05) is 0 Å². The van der Waals surface area contributed by atoms with Gasteiger partial charge in [0.1, 0.15) is 0 Å². The normalized spacial score (nSPS) is 12.2. The average molecular weight is 386 g/mol. The fourth-order valence-electron chi connectivity index (χ4n) is 2.13. The maximum atomic E-state index is 12.5. The number of alkyl halides is 3. The fourth-order valence-corrected chi connectivity index (χ4v) is 3.43. The smallest absolute Gasteiger partial charge is 0.322 e. The van der Waals surface area contributed by atoms with E-state index < -0.39 is 27.7 Å². The summed E-state index contributed by atoms with van der Waals surface area (Å²) in [4.78, 5) is 12.2. The van der Waals surface area contributed by atoms with Gasteiger partial charge in [-0.1, -0.05) is 6.07 Å². The van der Waals surface area contributed by atoms with Crippen LogP contribution >= 0.6 is 0 Å². The van der Waals surface area contributed by atoms with Crippen molar-refractivity contribution < 1.29 is 26.4 Å². The van der Waals surface area contributed by atoms with Crippen LogP contribution in [0.4, 0.5) is 18.9 Å². The van der Waals surface area contributed by atoms with Gasteiger partial charge < -0.3 is 5.32 Å². The number of rotatable bonds is 5. The molecule has 0 saturated heterocycles. The lowest BCUT2D eigenvalue weighted by atomic mass is 10.2. The zero-order valence-electron chi connectivity index (χ0n) is 14.0. The Hall–Kier alpha value is -2.39. The van der Waals surface area contributed by atoms with E-state index >= 15 is 0 Å². The lowest BCUT2D eigenvalue weighted by Gasteiger charge is -2.11. The Balaban J connectivity index is 2.19. The Morgan fingerprint density at radius 3 is 2.19 bits per heavy atom. The number of hydrogen-bond donors (Lipinski definition) is 2. The molecular formula is C17H17F3N2O3S. The largest absolute Gasteiger partial charge is 0.416 e. The van der Waals surface area contributed by atoms with Crippen LogP contribution in [0.5, 0.6) is 0 Å². The van der Waals surface area contributed by atoms with Gasteiger partial charge in [-0.25, -0.2) is 13.1 Å². The number of nitrogens with one attached hydrogen (secondary N) is 2. The van der Waals surface area contributed by atoms with Gasteiger partial charge in [0.15, 0.2) is 0 Å². The molecule has 26 heavy (non-hydrogen) atoms. The maximum Gasteiger partial charge on any atom is 0.416 e. The standard InChI is InChI=1S/C17H17F3N2O3S/c1-11(2)22-26(24,25)15-5-3-4-12(10-15)16(23)21-14-8-6-13(7-9-14)17(18,19)20/h3-11,22H,1-2H3,(H,21,23). The van der Waals surface area contributed by atoms with E-state index in [1.54, 1.807) is 13.8 Å². The van der Waals surface area contributed by atoms with Crippen LogP contribution in [0.1, 0.15) is 29.8 Å². The number of carbonyl (C=O) groups is 1. The molecule has 0 bridgehead atoms. The quantitative estimate of drug-likeness (QED) is 0.824. The first-order valence-corrected chi connectivity index (χ1v) is 9.08. The van der Waals surface area contributed by atoms with Gasteiger partial charge in [-0.2, -0.15) is 13.2 Å². The third-order valence-electron chi connectivity index (χ3n) is 3.27. The van der Waals surface area contributed by atoms with Gasteiger partial charge in [0.2, 0.25) is 10.0 Å². The molecule has 2 aromatic rings. The van der Waals surface area contributed by atoms with E-state index in [2.05, 4.69) is 10.0 Å². The van der Waals surface area contributed by atoms with Gasteiger partial charge in [-0.05, 0) is 56.3 Å². The highest BCUT2D eigenvalue weighted by atomic mass is 32.2. The van der Waals surface area contributed by atoms with Crippen LogP contribution in [0, 0.1) is 0 Å². The highest BCUT2D eigenvalue weighted by molar-refractivity contribution is 7.89. The van der Waals surface area contributed by atoms with E-state index in [0.29, 0.717) is 0 Å². The topological polar surface area (TPSA) is 75.3 Å². The van der Waals surface area contributed by atoms with Crippen molar-refractivity contribution in [3.63, 3.8) is 0 Å². The lowest BCUT2D eigenvalue weighted by molar-refractivity contribution is -0.137. The zero-order valence-corrected chi connectivity index (χ0v) is 14.8. The Bertz CT molecular complexity index is 892. The second-order valence-corrected chi connectivity index (χ2v) is 7.55. The summed E-state index contributed by atoms with van der Waals surface area (Å²) < 4.78 is 64.4. The number of carbonyl (C=O) groups excluding carboxylic acids is 1. The van der Waals surface area contributed by atoms with Crippen molar-refractivity contribution in [1.82, 2.24) is 4.72 Å². The van der Waals surface area contributed by atoms with Gasteiger partial charge in [0.05, 0.1) is 10.5 Å². The number of hydrogen-bond acceptors (Lipinski definition) is 3.